The molecule has 1 rings (SSSR count). The van der Waals surface area contributed by atoms with Crippen LogP contribution in [0.1, 0.15) is 17.3 Å². The molecule has 1 unspecified atom stereocenters. The minimum Gasteiger partial charge on any atom is -0.366 e. The van der Waals surface area contributed by atoms with Gasteiger partial charge in [-0.3, -0.25) is 4.79 Å². The van der Waals surface area contributed by atoms with Crippen LogP contribution in [0.5, 0.6) is 0 Å². The maximum Gasteiger partial charge on any atom is 0.191 e. The SMILES string of the molecule is C=CCOC(C)C(=O)c1ccc(F)cc1. The first-order valence-corrected chi connectivity index (χ1v) is 4.67. The first kappa shape index (κ1) is 11.6. The lowest BCUT2D eigenvalue weighted by Gasteiger charge is -2.10. The maximum atomic E-state index is 12.6. The number of carbonyl (C=O) groups excluding carboxylic acids is 1. The summed E-state index contributed by atoms with van der Waals surface area (Å²) in [5.41, 5.74) is 0.452. The lowest BCUT2D eigenvalue weighted by molar-refractivity contribution is 0.0566. The molecule has 1 aromatic rings. The molecular formula is C12H13FO2. The van der Waals surface area contributed by atoms with Crippen molar-refractivity contribution in [3.8, 4) is 0 Å². The Bertz CT molecular complexity index is 343. The number of benzene rings is 1. The second-order valence-corrected chi connectivity index (χ2v) is 3.14. The summed E-state index contributed by atoms with van der Waals surface area (Å²) in [4.78, 5) is 11.7. The second-order valence-electron chi connectivity index (χ2n) is 3.14. The van der Waals surface area contributed by atoms with Gasteiger partial charge in [-0.1, -0.05) is 6.08 Å². The molecule has 80 valence electrons. The number of carbonyl (C=O) groups is 1. The van der Waals surface area contributed by atoms with Crippen LogP contribution in [0.4, 0.5) is 4.39 Å². The van der Waals surface area contributed by atoms with E-state index >= 15 is 0 Å². The summed E-state index contributed by atoms with van der Waals surface area (Å²) in [7, 11) is 0. The third-order valence-corrected chi connectivity index (χ3v) is 1.96. The van der Waals surface area contributed by atoms with Crippen molar-refractivity contribution < 1.29 is 13.9 Å². The zero-order valence-electron chi connectivity index (χ0n) is 8.57. The molecule has 0 saturated carbocycles. The lowest BCUT2D eigenvalue weighted by Crippen LogP contribution is -2.20. The number of hydrogen-bond acceptors (Lipinski definition) is 2. The fourth-order valence-electron chi connectivity index (χ4n) is 1.14. The van der Waals surface area contributed by atoms with Crippen LogP contribution in [0, 0.1) is 5.82 Å². The van der Waals surface area contributed by atoms with Gasteiger partial charge in [0, 0.05) is 5.56 Å². The van der Waals surface area contributed by atoms with Crippen molar-refractivity contribution in [2.24, 2.45) is 0 Å². The maximum absolute atomic E-state index is 12.6. The van der Waals surface area contributed by atoms with Crippen LogP contribution in [0.15, 0.2) is 36.9 Å². The van der Waals surface area contributed by atoms with Crippen LogP contribution < -0.4 is 0 Å². The highest BCUT2D eigenvalue weighted by molar-refractivity contribution is 5.99. The Balaban J connectivity index is 2.67. The molecule has 0 spiro atoms. The number of ketones is 1. The third kappa shape index (κ3) is 3.29. The third-order valence-electron chi connectivity index (χ3n) is 1.96. The van der Waals surface area contributed by atoms with Crippen molar-refractivity contribution >= 4 is 5.78 Å². The van der Waals surface area contributed by atoms with E-state index < -0.39 is 6.10 Å². The molecule has 0 heterocycles. The smallest absolute Gasteiger partial charge is 0.191 e. The summed E-state index contributed by atoms with van der Waals surface area (Å²) in [5.74, 6) is -0.511. The van der Waals surface area contributed by atoms with E-state index in [1.165, 1.54) is 24.3 Å². The van der Waals surface area contributed by atoms with E-state index in [1.54, 1.807) is 13.0 Å². The number of ether oxygens (including phenoxy) is 1. The summed E-state index contributed by atoms with van der Waals surface area (Å²) in [6, 6.07) is 5.41. The molecule has 0 bridgehead atoms. The molecule has 0 radical (unpaired) electrons. The molecule has 2 nitrogen and oxygen atoms in total. The molecular weight excluding hydrogens is 195 g/mol. The Morgan fingerprint density at radius 1 is 1.53 bits per heavy atom. The largest absolute Gasteiger partial charge is 0.366 e. The fraction of sp³-hybridized carbons (Fsp3) is 0.250. The highest BCUT2D eigenvalue weighted by Crippen LogP contribution is 2.07. The molecule has 3 heteroatoms. The van der Waals surface area contributed by atoms with Gasteiger partial charge >= 0.3 is 0 Å². The Hall–Kier alpha value is -1.48. The topological polar surface area (TPSA) is 26.3 Å². The van der Waals surface area contributed by atoms with E-state index in [-0.39, 0.29) is 11.6 Å². The van der Waals surface area contributed by atoms with Gasteiger partial charge in [-0.2, -0.15) is 0 Å². The van der Waals surface area contributed by atoms with Crippen LogP contribution in [-0.2, 0) is 4.74 Å². The number of halogens is 1. The lowest BCUT2D eigenvalue weighted by atomic mass is 10.1. The summed E-state index contributed by atoms with van der Waals surface area (Å²) < 4.78 is 17.8. The van der Waals surface area contributed by atoms with Crippen molar-refractivity contribution in [1.29, 1.82) is 0 Å². The van der Waals surface area contributed by atoms with Gasteiger partial charge in [0.1, 0.15) is 11.9 Å². The zero-order valence-corrected chi connectivity index (χ0v) is 8.57. The average molecular weight is 208 g/mol. The van der Waals surface area contributed by atoms with E-state index in [0.717, 1.165) is 0 Å². The van der Waals surface area contributed by atoms with Gasteiger partial charge in [0.15, 0.2) is 5.78 Å². The van der Waals surface area contributed by atoms with E-state index in [0.29, 0.717) is 12.2 Å². The Morgan fingerprint density at radius 2 is 2.13 bits per heavy atom. The minimum absolute atomic E-state index is 0.156. The minimum atomic E-state index is -0.534. The van der Waals surface area contributed by atoms with Crippen molar-refractivity contribution in [2.45, 2.75) is 13.0 Å². The highest BCUT2D eigenvalue weighted by Gasteiger charge is 2.14. The van der Waals surface area contributed by atoms with Crippen molar-refractivity contribution in [1.82, 2.24) is 0 Å². The second kappa shape index (κ2) is 5.41. The van der Waals surface area contributed by atoms with Gasteiger partial charge in [-0.25, -0.2) is 4.39 Å². The fourth-order valence-corrected chi connectivity index (χ4v) is 1.14. The van der Waals surface area contributed by atoms with Gasteiger partial charge in [-0.15, -0.1) is 6.58 Å². The van der Waals surface area contributed by atoms with E-state index in [9.17, 15) is 9.18 Å². The van der Waals surface area contributed by atoms with Crippen LogP contribution in [0.3, 0.4) is 0 Å². The van der Waals surface area contributed by atoms with Gasteiger partial charge in [0.2, 0.25) is 0 Å². The van der Waals surface area contributed by atoms with Gasteiger partial charge < -0.3 is 4.74 Å². The van der Waals surface area contributed by atoms with E-state index in [1.807, 2.05) is 0 Å². The molecule has 15 heavy (non-hydrogen) atoms. The van der Waals surface area contributed by atoms with Crippen LogP contribution in [-0.4, -0.2) is 18.5 Å². The molecule has 1 aromatic carbocycles. The van der Waals surface area contributed by atoms with Crippen molar-refractivity contribution in [3.05, 3.63) is 48.3 Å². The Labute approximate surface area is 88.4 Å². The molecule has 0 amide bonds. The molecule has 0 aromatic heterocycles. The van der Waals surface area contributed by atoms with Gasteiger partial charge in [0.05, 0.1) is 6.61 Å². The number of rotatable bonds is 5. The molecule has 0 saturated heterocycles. The van der Waals surface area contributed by atoms with Crippen LogP contribution >= 0.6 is 0 Å². The summed E-state index contributed by atoms with van der Waals surface area (Å²) in [6.45, 7) is 5.48. The Kier molecular flexibility index (Phi) is 4.18. The number of hydrogen-bond donors (Lipinski definition) is 0. The van der Waals surface area contributed by atoms with Gasteiger partial charge in [0.25, 0.3) is 0 Å². The summed E-state index contributed by atoms with van der Waals surface area (Å²) >= 11 is 0. The summed E-state index contributed by atoms with van der Waals surface area (Å²) in [5, 5.41) is 0. The molecule has 0 N–H and O–H groups in total. The van der Waals surface area contributed by atoms with Crippen molar-refractivity contribution in [2.75, 3.05) is 6.61 Å². The molecule has 0 aliphatic rings. The first-order valence-electron chi connectivity index (χ1n) is 4.67. The zero-order chi connectivity index (χ0) is 11.3. The quantitative estimate of drug-likeness (QED) is 0.549. The monoisotopic (exact) mass is 208 g/mol. The molecule has 0 aliphatic heterocycles. The van der Waals surface area contributed by atoms with Crippen molar-refractivity contribution in [3.63, 3.8) is 0 Å². The average Bonchev–Trinajstić information content (AvgIpc) is 2.26. The normalized spacial score (nSPS) is 12.1. The molecule has 0 fully saturated rings. The standard InChI is InChI=1S/C12H13FO2/c1-3-8-15-9(2)12(14)10-4-6-11(13)7-5-10/h3-7,9H,1,8H2,2H3. The summed E-state index contributed by atoms with van der Waals surface area (Å²) in [6.07, 6.45) is 1.04. The predicted octanol–water partition coefficient (Wildman–Crippen LogP) is 2.60. The van der Waals surface area contributed by atoms with Crippen LogP contribution in [0.2, 0.25) is 0 Å². The van der Waals surface area contributed by atoms with E-state index in [4.69, 9.17) is 4.74 Å². The molecule has 1 atom stereocenters. The highest BCUT2D eigenvalue weighted by atomic mass is 19.1. The van der Waals surface area contributed by atoms with Gasteiger partial charge in [-0.05, 0) is 31.2 Å². The first-order chi connectivity index (χ1) is 7.15. The molecule has 0 aliphatic carbocycles. The van der Waals surface area contributed by atoms with Crippen LogP contribution in [0.25, 0.3) is 0 Å². The number of Topliss-reactive ketones (excluding diaryl/α,β-unsaturated/α-hetero) is 1. The predicted molar refractivity (Wildman–Crippen MR) is 56.3 cm³/mol. The Morgan fingerprint density at radius 3 is 2.67 bits per heavy atom. The van der Waals surface area contributed by atoms with E-state index in [2.05, 4.69) is 6.58 Å².